The lowest BCUT2D eigenvalue weighted by Crippen LogP contribution is -2.14. The van der Waals surface area contributed by atoms with Crippen molar-refractivity contribution in [3.05, 3.63) is 65.7 Å². The number of anilines is 1. The average Bonchev–Trinajstić information content (AvgIpc) is 3.21. The fraction of sp³-hybridized carbons (Fsp3) is 0.174. The maximum absolute atomic E-state index is 13.1. The molecule has 1 N–H and O–H groups in total. The maximum atomic E-state index is 13.1. The maximum Gasteiger partial charge on any atom is 0.316 e. The molecule has 3 heterocycles. The van der Waals surface area contributed by atoms with E-state index in [0.29, 0.717) is 34.1 Å². The van der Waals surface area contributed by atoms with Gasteiger partial charge in [0.05, 0.1) is 25.6 Å². The number of nitrogens with zero attached hydrogens (tertiary/aromatic N) is 4. The highest BCUT2D eigenvalue weighted by Crippen LogP contribution is 2.30. The number of aromatic nitrogens is 4. The number of amides is 1. The number of aryl methyl sites for hydroxylation is 2. The van der Waals surface area contributed by atoms with Crippen LogP contribution in [-0.4, -0.2) is 40.2 Å². The molecule has 0 aliphatic rings. The van der Waals surface area contributed by atoms with Crippen molar-refractivity contribution in [2.24, 2.45) is 0 Å². The molecule has 0 spiro atoms. The van der Waals surface area contributed by atoms with Crippen molar-refractivity contribution in [1.29, 1.82) is 0 Å². The number of carbonyl (C=O) groups excluding carboxylic acids is 1. The predicted octanol–water partition coefficient (Wildman–Crippen LogP) is 4.08. The summed E-state index contributed by atoms with van der Waals surface area (Å²) in [7, 11) is 2.99. The van der Waals surface area contributed by atoms with Crippen molar-refractivity contribution in [3.8, 4) is 34.4 Å². The summed E-state index contributed by atoms with van der Waals surface area (Å²) in [6.07, 6.45) is 1.63. The molecule has 1 aromatic carbocycles. The Morgan fingerprint density at radius 2 is 1.78 bits per heavy atom. The number of benzene rings is 1. The van der Waals surface area contributed by atoms with E-state index in [9.17, 15) is 4.79 Å². The van der Waals surface area contributed by atoms with E-state index in [-0.39, 0.29) is 17.8 Å². The van der Waals surface area contributed by atoms with Crippen molar-refractivity contribution in [1.82, 2.24) is 20.1 Å². The summed E-state index contributed by atoms with van der Waals surface area (Å²) >= 11 is 0. The van der Waals surface area contributed by atoms with Crippen LogP contribution in [0.3, 0.4) is 0 Å². The lowest BCUT2D eigenvalue weighted by molar-refractivity contribution is 0.102. The van der Waals surface area contributed by atoms with Gasteiger partial charge in [-0.05, 0) is 26.0 Å². The second kappa shape index (κ2) is 8.84. The minimum atomic E-state index is -0.376. The van der Waals surface area contributed by atoms with E-state index in [0.717, 1.165) is 11.1 Å². The molecule has 0 unspecified atom stereocenters. The zero-order valence-corrected chi connectivity index (χ0v) is 18.0. The molecular formula is C23H21N5O4. The third kappa shape index (κ3) is 4.00. The second-order valence-corrected chi connectivity index (χ2v) is 6.89. The van der Waals surface area contributed by atoms with Crippen LogP contribution in [0, 0.1) is 13.8 Å². The first-order valence-electron chi connectivity index (χ1n) is 9.78. The van der Waals surface area contributed by atoms with E-state index in [4.69, 9.17) is 14.0 Å². The lowest BCUT2D eigenvalue weighted by atomic mass is 10.1. The Bertz CT molecular complexity index is 1270. The number of rotatable bonds is 6. The number of nitrogens with one attached hydrogen (secondary N) is 1. The molecule has 0 saturated carbocycles. The van der Waals surface area contributed by atoms with Crippen LogP contribution in [0.15, 0.2) is 53.2 Å². The Morgan fingerprint density at radius 1 is 1.00 bits per heavy atom. The van der Waals surface area contributed by atoms with Gasteiger partial charge in [-0.15, -0.1) is 0 Å². The van der Waals surface area contributed by atoms with E-state index < -0.39 is 0 Å². The SMILES string of the molecule is COc1ncc(-c2ccc(NC(=O)c3c(-c4ccccc4)noc3C)c(OC)n2)c(C)n1. The minimum absolute atomic E-state index is 0.251. The van der Waals surface area contributed by atoms with Crippen LogP contribution in [0.25, 0.3) is 22.5 Å². The monoisotopic (exact) mass is 431 g/mol. The van der Waals surface area contributed by atoms with Crippen LogP contribution >= 0.6 is 0 Å². The van der Waals surface area contributed by atoms with Gasteiger partial charge in [0, 0.05) is 17.3 Å². The van der Waals surface area contributed by atoms with Crippen LogP contribution in [-0.2, 0) is 0 Å². The van der Waals surface area contributed by atoms with Crippen molar-refractivity contribution in [3.63, 3.8) is 0 Å². The Labute approximate surface area is 184 Å². The summed E-state index contributed by atoms with van der Waals surface area (Å²) in [5, 5.41) is 6.91. The van der Waals surface area contributed by atoms with Gasteiger partial charge in [0.25, 0.3) is 5.91 Å². The zero-order chi connectivity index (χ0) is 22.7. The van der Waals surface area contributed by atoms with Crippen LogP contribution in [0.1, 0.15) is 21.8 Å². The highest BCUT2D eigenvalue weighted by Gasteiger charge is 2.23. The first-order chi connectivity index (χ1) is 15.5. The van der Waals surface area contributed by atoms with Gasteiger partial charge < -0.3 is 19.3 Å². The quantitative estimate of drug-likeness (QED) is 0.486. The normalized spacial score (nSPS) is 10.6. The summed E-state index contributed by atoms with van der Waals surface area (Å²) in [4.78, 5) is 26.0. The van der Waals surface area contributed by atoms with Crippen molar-refractivity contribution >= 4 is 11.6 Å². The average molecular weight is 431 g/mol. The Balaban J connectivity index is 1.65. The highest BCUT2D eigenvalue weighted by atomic mass is 16.5. The largest absolute Gasteiger partial charge is 0.479 e. The van der Waals surface area contributed by atoms with E-state index in [1.807, 2.05) is 37.3 Å². The molecule has 162 valence electrons. The standard InChI is InChI=1S/C23H21N5O4/c1-13-16(12-24-23(25-13)31-4)17-10-11-18(22(27-17)30-3)26-21(29)19-14(2)32-28-20(19)15-8-6-5-7-9-15/h5-12H,1-4H3,(H,26,29). The van der Waals surface area contributed by atoms with Gasteiger partial charge in [0.2, 0.25) is 5.88 Å². The van der Waals surface area contributed by atoms with Gasteiger partial charge >= 0.3 is 6.01 Å². The molecule has 0 fully saturated rings. The number of hydrogen-bond acceptors (Lipinski definition) is 8. The topological polar surface area (TPSA) is 112 Å². The molecule has 3 aromatic heterocycles. The van der Waals surface area contributed by atoms with Crippen LogP contribution in [0.2, 0.25) is 0 Å². The first-order valence-corrected chi connectivity index (χ1v) is 9.78. The number of carbonyl (C=O) groups is 1. The predicted molar refractivity (Wildman–Crippen MR) is 118 cm³/mol. The molecule has 32 heavy (non-hydrogen) atoms. The zero-order valence-electron chi connectivity index (χ0n) is 18.0. The van der Waals surface area contributed by atoms with Crippen molar-refractivity contribution < 1.29 is 18.8 Å². The highest BCUT2D eigenvalue weighted by molar-refractivity contribution is 6.09. The van der Waals surface area contributed by atoms with Crippen molar-refractivity contribution in [2.75, 3.05) is 19.5 Å². The summed E-state index contributed by atoms with van der Waals surface area (Å²) < 4.78 is 15.8. The smallest absolute Gasteiger partial charge is 0.316 e. The summed E-state index contributed by atoms with van der Waals surface area (Å²) in [6, 6.07) is 13.1. The van der Waals surface area contributed by atoms with Gasteiger partial charge in [0.15, 0.2) is 0 Å². The molecule has 0 aliphatic heterocycles. The molecular weight excluding hydrogens is 410 g/mol. The van der Waals surface area contributed by atoms with Crippen molar-refractivity contribution in [2.45, 2.75) is 13.8 Å². The molecule has 4 aromatic rings. The van der Waals surface area contributed by atoms with Crippen LogP contribution < -0.4 is 14.8 Å². The molecule has 9 nitrogen and oxygen atoms in total. The second-order valence-electron chi connectivity index (χ2n) is 6.89. The van der Waals surface area contributed by atoms with Gasteiger partial charge in [-0.2, -0.15) is 4.98 Å². The van der Waals surface area contributed by atoms with Gasteiger partial charge in [-0.1, -0.05) is 35.5 Å². The third-order valence-corrected chi connectivity index (χ3v) is 4.85. The fourth-order valence-corrected chi connectivity index (χ4v) is 3.25. The number of pyridine rings is 1. The van der Waals surface area contributed by atoms with Gasteiger partial charge in [-0.25, -0.2) is 9.97 Å². The summed E-state index contributed by atoms with van der Waals surface area (Å²) in [5.74, 6) is 0.289. The minimum Gasteiger partial charge on any atom is -0.479 e. The Hall–Kier alpha value is -4.27. The molecule has 4 rings (SSSR count). The van der Waals surface area contributed by atoms with E-state index >= 15 is 0 Å². The van der Waals surface area contributed by atoms with Gasteiger partial charge in [0.1, 0.15) is 22.7 Å². The summed E-state index contributed by atoms with van der Waals surface area (Å²) in [5.41, 5.74) is 4.04. The molecule has 0 bridgehead atoms. The molecule has 0 aliphatic carbocycles. The van der Waals surface area contributed by atoms with Crippen LogP contribution in [0.4, 0.5) is 5.69 Å². The number of methoxy groups -OCH3 is 2. The van der Waals surface area contributed by atoms with Gasteiger partial charge in [-0.3, -0.25) is 4.79 Å². The molecule has 0 saturated heterocycles. The van der Waals surface area contributed by atoms with E-state index in [1.54, 1.807) is 25.3 Å². The lowest BCUT2D eigenvalue weighted by Gasteiger charge is -2.12. The number of hydrogen-bond donors (Lipinski definition) is 1. The van der Waals surface area contributed by atoms with E-state index in [1.165, 1.54) is 14.2 Å². The van der Waals surface area contributed by atoms with Crippen LogP contribution in [0.5, 0.6) is 11.9 Å². The number of ether oxygens (including phenoxy) is 2. The van der Waals surface area contributed by atoms with E-state index in [2.05, 4.69) is 25.4 Å². The molecule has 0 radical (unpaired) electrons. The molecule has 9 heteroatoms. The first kappa shape index (κ1) is 21.0. The third-order valence-electron chi connectivity index (χ3n) is 4.85. The molecule has 0 atom stereocenters. The molecule has 1 amide bonds. The fourth-order valence-electron chi connectivity index (χ4n) is 3.25. The Morgan fingerprint density at radius 3 is 2.47 bits per heavy atom. The summed E-state index contributed by atoms with van der Waals surface area (Å²) in [6.45, 7) is 3.53. The Kier molecular flexibility index (Phi) is 5.80.